The second kappa shape index (κ2) is 4.26. The van der Waals surface area contributed by atoms with Crippen LogP contribution in [0.15, 0.2) is 22.1 Å². The Labute approximate surface area is 102 Å². The van der Waals surface area contributed by atoms with E-state index in [-0.39, 0.29) is 5.56 Å². The summed E-state index contributed by atoms with van der Waals surface area (Å²) in [5.41, 5.74) is 0.293. The van der Waals surface area contributed by atoms with Gasteiger partial charge in [0.2, 0.25) is 0 Å². The summed E-state index contributed by atoms with van der Waals surface area (Å²) in [6, 6.07) is 3.54. The topological polar surface area (TPSA) is 63.1 Å². The standard InChI is InChI=1S/C9H4BrFN2O2S/c10-9-13-12-7(16-9)4-1-5(8(14)15)3-6(11)2-4/h1-3H,(H,14,15). The van der Waals surface area contributed by atoms with E-state index >= 15 is 0 Å². The van der Waals surface area contributed by atoms with Crippen molar-refractivity contribution in [2.24, 2.45) is 0 Å². The molecule has 0 radical (unpaired) electrons. The van der Waals surface area contributed by atoms with Crippen LogP contribution in [0.1, 0.15) is 10.4 Å². The molecule has 0 saturated heterocycles. The highest BCUT2D eigenvalue weighted by molar-refractivity contribution is 9.11. The molecular formula is C9H4BrFN2O2S. The van der Waals surface area contributed by atoms with Gasteiger partial charge in [-0.05, 0) is 34.1 Å². The summed E-state index contributed by atoms with van der Waals surface area (Å²) >= 11 is 4.34. The van der Waals surface area contributed by atoms with E-state index in [4.69, 9.17) is 5.11 Å². The lowest BCUT2D eigenvalue weighted by Gasteiger charge is -1.99. The molecule has 1 aromatic heterocycles. The number of aromatic nitrogens is 2. The molecule has 2 rings (SSSR count). The molecule has 0 bridgehead atoms. The molecule has 0 atom stereocenters. The van der Waals surface area contributed by atoms with Crippen molar-refractivity contribution in [3.05, 3.63) is 33.5 Å². The summed E-state index contributed by atoms with van der Waals surface area (Å²) in [4.78, 5) is 10.7. The predicted molar refractivity (Wildman–Crippen MR) is 60.0 cm³/mol. The van der Waals surface area contributed by atoms with E-state index in [2.05, 4.69) is 26.1 Å². The molecule has 0 spiro atoms. The molecule has 0 saturated carbocycles. The molecule has 0 fully saturated rings. The highest BCUT2D eigenvalue weighted by Gasteiger charge is 2.11. The van der Waals surface area contributed by atoms with Crippen molar-refractivity contribution < 1.29 is 14.3 Å². The molecule has 1 heterocycles. The second-order valence-corrected chi connectivity index (χ2v) is 5.15. The van der Waals surface area contributed by atoms with E-state index in [0.29, 0.717) is 14.5 Å². The maximum atomic E-state index is 13.2. The summed E-state index contributed by atoms with van der Waals surface area (Å²) in [6.07, 6.45) is 0. The molecule has 0 aliphatic heterocycles. The van der Waals surface area contributed by atoms with Crippen LogP contribution in [0.4, 0.5) is 4.39 Å². The van der Waals surface area contributed by atoms with Gasteiger partial charge in [0.15, 0.2) is 3.92 Å². The molecule has 0 aliphatic carbocycles. The lowest BCUT2D eigenvalue weighted by molar-refractivity contribution is 0.0696. The summed E-state index contributed by atoms with van der Waals surface area (Å²) in [6.45, 7) is 0. The third kappa shape index (κ3) is 2.25. The van der Waals surface area contributed by atoms with Crippen LogP contribution in [0.25, 0.3) is 10.6 Å². The fraction of sp³-hybridized carbons (Fsp3) is 0. The van der Waals surface area contributed by atoms with Crippen LogP contribution in [-0.2, 0) is 0 Å². The number of hydrogen-bond donors (Lipinski definition) is 1. The molecule has 82 valence electrons. The van der Waals surface area contributed by atoms with Crippen molar-refractivity contribution >= 4 is 33.2 Å². The zero-order valence-electron chi connectivity index (χ0n) is 7.65. The maximum absolute atomic E-state index is 13.2. The van der Waals surface area contributed by atoms with Gasteiger partial charge in [0.1, 0.15) is 10.8 Å². The third-order valence-corrected chi connectivity index (χ3v) is 3.20. The molecule has 1 N–H and O–H groups in total. The molecule has 0 unspecified atom stereocenters. The molecule has 0 aliphatic rings. The Morgan fingerprint density at radius 1 is 1.38 bits per heavy atom. The Morgan fingerprint density at radius 3 is 2.69 bits per heavy atom. The van der Waals surface area contributed by atoms with Gasteiger partial charge in [-0.2, -0.15) is 0 Å². The molecule has 1 aromatic carbocycles. The van der Waals surface area contributed by atoms with E-state index in [9.17, 15) is 9.18 Å². The van der Waals surface area contributed by atoms with Gasteiger partial charge in [0.05, 0.1) is 5.56 Å². The fourth-order valence-electron chi connectivity index (χ4n) is 1.16. The average Bonchev–Trinajstić information content (AvgIpc) is 2.64. The van der Waals surface area contributed by atoms with Gasteiger partial charge < -0.3 is 5.11 Å². The van der Waals surface area contributed by atoms with Crippen molar-refractivity contribution in [1.82, 2.24) is 10.2 Å². The summed E-state index contributed by atoms with van der Waals surface area (Å²) in [5.74, 6) is -1.79. The minimum Gasteiger partial charge on any atom is -0.478 e. The normalized spacial score (nSPS) is 10.4. The molecule has 4 nitrogen and oxygen atoms in total. The largest absolute Gasteiger partial charge is 0.478 e. The van der Waals surface area contributed by atoms with Crippen molar-refractivity contribution in [1.29, 1.82) is 0 Å². The highest BCUT2D eigenvalue weighted by atomic mass is 79.9. The van der Waals surface area contributed by atoms with Crippen LogP contribution >= 0.6 is 27.3 Å². The van der Waals surface area contributed by atoms with E-state index < -0.39 is 11.8 Å². The van der Waals surface area contributed by atoms with Gasteiger partial charge in [0.25, 0.3) is 0 Å². The van der Waals surface area contributed by atoms with Crippen molar-refractivity contribution in [3.8, 4) is 10.6 Å². The number of halogens is 2. The van der Waals surface area contributed by atoms with Crippen LogP contribution in [-0.4, -0.2) is 21.3 Å². The van der Waals surface area contributed by atoms with Crippen LogP contribution in [0.2, 0.25) is 0 Å². The monoisotopic (exact) mass is 302 g/mol. The van der Waals surface area contributed by atoms with E-state index in [1.807, 2.05) is 0 Å². The molecule has 7 heteroatoms. The number of carboxylic acid groups (broad SMARTS) is 1. The molecular weight excluding hydrogens is 299 g/mol. The SMILES string of the molecule is O=C(O)c1cc(F)cc(-c2nnc(Br)s2)c1. The van der Waals surface area contributed by atoms with Gasteiger partial charge in [-0.25, -0.2) is 9.18 Å². The zero-order valence-corrected chi connectivity index (χ0v) is 10.0. The second-order valence-electron chi connectivity index (χ2n) is 2.89. The number of nitrogens with zero attached hydrogens (tertiary/aromatic N) is 2. The number of carboxylic acids is 1. The molecule has 16 heavy (non-hydrogen) atoms. The van der Waals surface area contributed by atoms with Crippen LogP contribution in [0.3, 0.4) is 0 Å². The van der Waals surface area contributed by atoms with Crippen molar-refractivity contribution in [2.75, 3.05) is 0 Å². The highest BCUT2D eigenvalue weighted by Crippen LogP contribution is 2.27. The quantitative estimate of drug-likeness (QED) is 0.926. The number of rotatable bonds is 2. The summed E-state index contributed by atoms with van der Waals surface area (Å²) in [5, 5.41) is 16.7. The fourth-order valence-corrected chi connectivity index (χ4v) is 2.26. The number of aromatic carboxylic acids is 1. The lowest BCUT2D eigenvalue weighted by atomic mass is 10.1. The number of carbonyl (C=O) groups is 1. The first-order valence-corrected chi connectivity index (χ1v) is 5.70. The number of benzene rings is 1. The summed E-state index contributed by atoms with van der Waals surface area (Å²) < 4.78 is 13.7. The van der Waals surface area contributed by atoms with Crippen molar-refractivity contribution in [3.63, 3.8) is 0 Å². The minimum atomic E-state index is -1.18. The third-order valence-electron chi connectivity index (χ3n) is 1.79. The zero-order chi connectivity index (χ0) is 11.7. The Morgan fingerprint density at radius 2 is 2.12 bits per heavy atom. The van der Waals surface area contributed by atoms with Gasteiger partial charge in [-0.15, -0.1) is 10.2 Å². The van der Waals surface area contributed by atoms with E-state index in [1.165, 1.54) is 23.5 Å². The Kier molecular flexibility index (Phi) is 2.97. The lowest BCUT2D eigenvalue weighted by Crippen LogP contribution is -1.97. The van der Waals surface area contributed by atoms with Gasteiger partial charge in [-0.1, -0.05) is 11.3 Å². The predicted octanol–water partition coefficient (Wildman–Crippen LogP) is 2.80. The van der Waals surface area contributed by atoms with Crippen LogP contribution < -0.4 is 0 Å². The van der Waals surface area contributed by atoms with Gasteiger partial charge in [0, 0.05) is 5.56 Å². The molecule has 2 aromatic rings. The first-order chi connectivity index (χ1) is 7.56. The maximum Gasteiger partial charge on any atom is 0.335 e. The molecule has 0 amide bonds. The Balaban J connectivity index is 2.53. The van der Waals surface area contributed by atoms with E-state index in [0.717, 1.165) is 6.07 Å². The van der Waals surface area contributed by atoms with E-state index in [1.54, 1.807) is 0 Å². The Bertz CT molecular complexity index is 558. The first kappa shape index (κ1) is 11.2. The Hall–Kier alpha value is -1.34. The van der Waals surface area contributed by atoms with Crippen LogP contribution in [0.5, 0.6) is 0 Å². The van der Waals surface area contributed by atoms with Gasteiger partial charge in [-0.3, -0.25) is 0 Å². The van der Waals surface area contributed by atoms with Crippen molar-refractivity contribution in [2.45, 2.75) is 0 Å². The van der Waals surface area contributed by atoms with Gasteiger partial charge >= 0.3 is 5.97 Å². The van der Waals surface area contributed by atoms with Crippen LogP contribution in [0, 0.1) is 5.82 Å². The number of hydrogen-bond acceptors (Lipinski definition) is 4. The minimum absolute atomic E-state index is 0.110. The average molecular weight is 303 g/mol. The smallest absolute Gasteiger partial charge is 0.335 e. The summed E-state index contributed by atoms with van der Waals surface area (Å²) in [7, 11) is 0. The first-order valence-electron chi connectivity index (χ1n) is 4.09.